The minimum Gasteiger partial charge on any atom is -0.328 e. The van der Waals surface area contributed by atoms with Gasteiger partial charge in [-0.2, -0.15) is 0 Å². The molecule has 106 valence electrons. The van der Waals surface area contributed by atoms with Gasteiger partial charge in [-0.15, -0.1) is 0 Å². The summed E-state index contributed by atoms with van der Waals surface area (Å²) in [5, 5.41) is 0. The summed E-state index contributed by atoms with van der Waals surface area (Å²) in [6, 6.07) is 0. The van der Waals surface area contributed by atoms with E-state index in [0.717, 1.165) is 51.4 Å². The highest BCUT2D eigenvalue weighted by atomic mass is 16.2. The van der Waals surface area contributed by atoms with Gasteiger partial charge < -0.3 is 5.73 Å². The molecule has 1 spiro atoms. The Kier molecular flexibility index (Phi) is 3.16. The first-order valence-corrected chi connectivity index (χ1v) is 7.71. The minimum absolute atomic E-state index is 0.0410. The summed E-state index contributed by atoms with van der Waals surface area (Å²) in [7, 11) is 0. The van der Waals surface area contributed by atoms with Crippen LogP contribution in [-0.4, -0.2) is 28.8 Å². The first-order chi connectivity index (χ1) is 9.14. The van der Waals surface area contributed by atoms with E-state index in [-0.39, 0.29) is 22.8 Å². The van der Waals surface area contributed by atoms with Gasteiger partial charge in [0.1, 0.15) is 0 Å². The zero-order valence-electron chi connectivity index (χ0n) is 11.6. The van der Waals surface area contributed by atoms with Crippen LogP contribution < -0.4 is 5.73 Å². The zero-order chi connectivity index (χ0) is 13.5. The van der Waals surface area contributed by atoms with E-state index in [2.05, 4.69) is 0 Å². The van der Waals surface area contributed by atoms with E-state index in [0.29, 0.717) is 13.0 Å². The fourth-order valence-electron chi connectivity index (χ4n) is 4.45. The zero-order valence-corrected chi connectivity index (χ0v) is 11.6. The molecule has 3 aliphatic rings. The molecule has 2 saturated carbocycles. The first-order valence-electron chi connectivity index (χ1n) is 7.71. The molecule has 0 aromatic carbocycles. The lowest BCUT2D eigenvalue weighted by atomic mass is 9.79. The highest BCUT2D eigenvalue weighted by Crippen LogP contribution is 2.50. The quantitative estimate of drug-likeness (QED) is 0.776. The second-order valence-corrected chi connectivity index (χ2v) is 6.69. The van der Waals surface area contributed by atoms with E-state index in [4.69, 9.17) is 5.73 Å². The van der Waals surface area contributed by atoms with Gasteiger partial charge in [0.25, 0.3) is 0 Å². The highest BCUT2D eigenvalue weighted by molar-refractivity contribution is 6.06. The number of nitrogens with zero attached hydrogens (tertiary/aromatic N) is 1. The van der Waals surface area contributed by atoms with E-state index < -0.39 is 0 Å². The summed E-state index contributed by atoms with van der Waals surface area (Å²) in [4.78, 5) is 26.9. The van der Waals surface area contributed by atoms with Crippen LogP contribution in [0.2, 0.25) is 0 Å². The average Bonchev–Trinajstić information content (AvgIpc) is 2.98. The molecule has 1 heterocycles. The third-order valence-corrected chi connectivity index (χ3v) is 5.60. The maximum Gasteiger partial charge on any atom is 0.236 e. The smallest absolute Gasteiger partial charge is 0.236 e. The normalized spacial score (nSPS) is 29.4. The van der Waals surface area contributed by atoms with Gasteiger partial charge in [-0.1, -0.05) is 32.1 Å². The average molecular weight is 264 g/mol. The van der Waals surface area contributed by atoms with E-state index in [9.17, 15) is 9.59 Å². The van der Waals surface area contributed by atoms with E-state index in [1.165, 1.54) is 6.42 Å². The van der Waals surface area contributed by atoms with Gasteiger partial charge in [-0.3, -0.25) is 14.5 Å². The molecule has 0 aromatic heterocycles. The molecule has 19 heavy (non-hydrogen) atoms. The predicted octanol–water partition coefficient (Wildman–Crippen LogP) is 1.97. The number of rotatable bonds is 2. The Hall–Kier alpha value is -0.900. The molecule has 2 aliphatic carbocycles. The molecule has 1 aliphatic heterocycles. The van der Waals surface area contributed by atoms with Crippen LogP contribution in [0.4, 0.5) is 0 Å². The topological polar surface area (TPSA) is 63.4 Å². The standard InChI is InChI=1S/C15H24N2O2/c16-11-15(8-2-1-3-9-15)17-12(18)10-14(13(17)19)6-4-5-7-14/h1-11,16H2. The fraction of sp³-hybridized carbons (Fsp3) is 0.867. The molecule has 4 nitrogen and oxygen atoms in total. The van der Waals surface area contributed by atoms with Crippen molar-refractivity contribution in [3.05, 3.63) is 0 Å². The Bertz CT molecular complexity index is 393. The maximum atomic E-state index is 12.9. The number of imide groups is 1. The van der Waals surface area contributed by atoms with Crippen molar-refractivity contribution in [3.63, 3.8) is 0 Å². The van der Waals surface area contributed by atoms with Gasteiger partial charge >= 0.3 is 0 Å². The van der Waals surface area contributed by atoms with Gasteiger partial charge in [-0.05, 0) is 25.7 Å². The van der Waals surface area contributed by atoms with Crippen molar-refractivity contribution in [2.24, 2.45) is 11.1 Å². The van der Waals surface area contributed by atoms with Crippen LogP contribution >= 0.6 is 0 Å². The Morgan fingerprint density at radius 3 is 2.11 bits per heavy atom. The van der Waals surface area contributed by atoms with Crippen LogP contribution in [0.1, 0.15) is 64.2 Å². The van der Waals surface area contributed by atoms with E-state index in [1.807, 2.05) is 0 Å². The summed E-state index contributed by atoms with van der Waals surface area (Å²) in [5.74, 6) is 0.140. The number of amides is 2. The van der Waals surface area contributed by atoms with Crippen molar-refractivity contribution < 1.29 is 9.59 Å². The summed E-state index contributed by atoms with van der Waals surface area (Å²) in [6.07, 6.45) is 9.57. The van der Waals surface area contributed by atoms with Crippen LogP contribution in [0.25, 0.3) is 0 Å². The molecule has 4 heteroatoms. The van der Waals surface area contributed by atoms with Crippen molar-refractivity contribution in [1.82, 2.24) is 4.90 Å². The third kappa shape index (κ3) is 1.83. The molecular formula is C15H24N2O2. The monoisotopic (exact) mass is 264 g/mol. The van der Waals surface area contributed by atoms with Gasteiger partial charge in [0.05, 0.1) is 11.0 Å². The molecule has 0 atom stereocenters. The lowest BCUT2D eigenvalue weighted by molar-refractivity contribution is -0.149. The number of carbonyl (C=O) groups excluding carboxylic acids is 2. The van der Waals surface area contributed by atoms with Crippen molar-refractivity contribution >= 4 is 11.8 Å². The number of likely N-dealkylation sites (tertiary alicyclic amines) is 1. The Morgan fingerprint density at radius 2 is 1.53 bits per heavy atom. The van der Waals surface area contributed by atoms with E-state index >= 15 is 0 Å². The SMILES string of the molecule is NCC1(N2C(=O)CC3(CCCC3)C2=O)CCCCC1. The van der Waals surface area contributed by atoms with Crippen molar-refractivity contribution in [3.8, 4) is 0 Å². The molecular weight excluding hydrogens is 240 g/mol. The lowest BCUT2D eigenvalue weighted by Crippen LogP contribution is -2.58. The Morgan fingerprint density at radius 1 is 0.947 bits per heavy atom. The lowest BCUT2D eigenvalue weighted by Gasteiger charge is -2.43. The summed E-state index contributed by atoms with van der Waals surface area (Å²) in [6.45, 7) is 0.431. The summed E-state index contributed by atoms with van der Waals surface area (Å²) in [5.41, 5.74) is 5.27. The largest absolute Gasteiger partial charge is 0.328 e. The Balaban J connectivity index is 1.91. The van der Waals surface area contributed by atoms with Crippen LogP contribution in [-0.2, 0) is 9.59 Å². The predicted molar refractivity (Wildman–Crippen MR) is 72.2 cm³/mol. The van der Waals surface area contributed by atoms with Crippen molar-refractivity contribution in [1.29, 1.82) is 0 Å². The van der Waals surface area contributed by atoms with Crippen LogP contribution in [0, 0.1) is 5.41 Å². The number of hydrogen-bond acceptors (Lipinski definition) is 3. The highest BCUT2D eigenvalue weighted by Gasteiger charge is 2.57. The molecule has 3 fully saturated rings. The van der Waals surface area contributed by atoms with Gasteiger partial charge in [0.2, 0.25) is 11.8 Å². The molecule has 0 radical (unpaired) electrons. The third-order valence-electron chi connectivity index (χ3n) is 5.60. The molecule has 2 amide bonds. The van der Waals surface area contributed by atoms with Gasteiger partial charge in [0.15, 0.2) is 0 Å². The molecule has 2 N–H and O–H groups in total. The number of nitrogens with two attached hydrogens (primary N) is 1. The molecule has 0 bridgehead atoms. The number of carbonyl (C=O) groups is 2. The number of hydrogen-bond donors (Lipinski definition) is 1. The van der Waals surface area contributed by atoms with Crippen LogP contribution in [0.15, 0.2) is 0 Å². The maximum absolute atomic E-state index is 12.9. The summed E-state index contributed by atoms with van der Waals surface area (Å²) < 4.78 is 0. The van der Waals surface area contributed by atoms with E-state index in [1.54, 1.807) is 4.90 Å². The Labute approximate surface area is 114 Å². The van der Waals surface area contributed by atoms with Crippen molar-refractivity contribution in [2.75, 3.05) is 6.54 Å². The second kappa shape index (κ2) is 4.58. The molecule has 1 saturated heterocycles. The molecule has 0 unspecified atom stereocenters. The second-order valence-electron chi connectivity index (χ2n) is 6.69. The summed E-state index contributed by atoms with van der Waals surface area (Å²) >= 11 is 0. The molecule has 3 rings (SSSR count). The fourth-order valence-corrected chi connectivity index (χ4v) is 4.45. The first kappa shape index (κ1) is 13.1. The van der Waals surface area contributed by atoms with Crippen LogP contribution in [0.3, 0.4) is 0 Å². The minimum atomic E-state index is -0.363. The van der Waals surface area contributed by atoms with Crippen molar-refractivity contribution in [2.45, 2.75) is 69.7 Å². The molecule has 0 aromatic rings. The van der Waals surface area contributed by atoms with Gasteiger partial charge in [0, 0.05) is 13.0 Å². The van der Waals surface area contributed by atoms with Gasteiger partial charge in [-0.25, -0.2) is 0 Å². The van der Waals surface area contributed by atoms with Crippen LogP contribution in [0.5, 0.6) is 0 Å².